The summed E-state index contributed by atoms with van der Waals surface area (Å²) in [4.78, 5) is 12.6. The Kier molecular flexibility index (Phi) is 4.89. The minimum Gasteiger partial charge on any atom is -0.307 e. The van der Waals surface area contributed by atoms with Crippen LogP contribution >= 0.6 is 0 Å². The number of carbonyl (C=O) groups is 1. The van der Waals surface area contributed by atoms with Gasteiger partial charge in [-0.15, -0.1) is 0 Å². The van der Waals surface area contributed by atoms with Crippen molar-refractivity contribution in [1.82, 2.24) is 9.78 Å². The molecule has 0 atom stereocenters. The van der Waals surface area contributed by atoms with Gasteiger partial charge in [0.05, 0.1) is 10.6 Å². The molecule has 23 heavy (non-hydrogen) atoms. The number of aryl methyl sites for hydroxylation is 2. The monoisotopic (exact) mass is 335 g/mol. The van der Waals surface area contributed by atoms with Crippen molar-refractivity contribution in [3.05, 3.63) is 41.1 Å². The van der Waals surface area contributed by atoms with Gasteiger partial charge in [-0.05, 0) is 31.0 Å². The molecule has 0 radical (unpaired) electrons. The van der Waals surface area contributed by atoms with E-state index in [1.165, 1.54) is 12.1 Å². The van der Waals surface area contributed by atoms with Crippen molar-refractivity contribution in [3.63, 3.8) is 0 Å². The van der Waals surface area contributed by atoms with Crippen LogP contribution in [-0.2, 0) is 29.7 Å². The van der Waals surface area contributed by atoms with Crippen molar-refractivity contribution in [2.75, 3.05) is 11.6 Å². The fourth-order valence-electron chi connectivity index (χ4n) is 2.48. The normalized spacial score (nSPS) is 11.5. The molecule has 2 aromatic rings. The number of sulfone groups is 1. The van der Waals surface area contributed by atoms with Crippen molar-refractivity contribution in [1.29, 1.82) is 0 Å². The number of rotatable bonds is 5. The quantitative estimate of drug-likeness (QED) is 0.908. The lowest BCUT2D eigenvalue weighted by Crippen LogP contribution is -2.16. The van der Waals surface area contributed by atoms with Gasteiger partial charge in [0.1, 0.15) is 5.82 Å². The third-order valence-electron chi connectivity index (χ3n) is 3.67. The molecule has 0 fully saturated rings. The van der Waals surface area contributed by atoms with Crippen molar-refractivity contribution in [3.8, 4) is 0 Å². The van der Waals surface area contributed by atoms with Crippen LogP contribution in [0.3, 0.4) is 0 Å². The SMILES string of the molecule is CCc1nn(C)c(NC(=O)c2cccc(S(C)(=O)=O)c2)c1CC. The van der Waals surface area contributed by atoms with E-state index in [1.54, 1.807) is 23.9 Å². The minimum absolute atomic E-state index is 0.125. The second kappa shape index (κ2) is 6.54. The first-order valence-corrected chi connectivity index (χ1v) is 9.33. The maximum atomic E-state index is 12.5. The average Bonchev–Trinajstić information content (AvgIpc) is 2.82. The smallest absolute Gasteiger partial charge is 0.256 e. The summed E-state index contributed by atoms with van der Waals surface area (Å²) in [6.07, 6.45) is 2.67. The molecular weight excluding hydrogens is 314 g/mol. The van der Waals surface area contributed by atoms with Crippen LogP contribution in [0.2, 0.25) is 0 Å². The van der Waals surface area contributed by atoms with Gasteiger partial charge in [-0.3, -0.25) is 9.48 Å². The Labute approximate surface area is 136 Å². The van der Waals surface area contributed by atoms with Crippen LogP contribution in [0.15, 0.2) is 29.2 Å². The number of anilines is 1. The molecule has 2 rings (SSSR count). The van der Waals surface area contributed by atoms with Crippen molar-refractivity contribution < 1.29 is 13.2 Å². The van der Waals surface area contributed by atoms with Crippen molar-refractivity contribution in [2.24, 2.45) is 7.05 Å². The average molecular weight is 335 g/mol. The van der Waals surface area contributed by atoms with Crippen LogP contribution in [0.5, 0.6) is 0 Å². The first-order chi connectivity index (χ1) is 10.8. The van der Waals surface area contributed by atoms with Crippen LogP contribution in [0, 0.1) is 0 Å². The van der Waals surface area contributed by atoms with E-state index in [0.717, 1.165) is 30.4 Å². The fraction of sp³-hybridized carbons (Fsp3) is 0.375. The van der Waals surface area contributed by atoms with E-state index < -0.39 is 9.84 Å². The van der Waals surface area contributed by atoms with Gasteiger partial charge < -0.3 is 5.32 Å². The number of amides is 1. The molecule has 1 N–H and O–H groups in total. The van der Waals surface area contributed by atoms with Gasteiger partial charge in [-0.1, -0.05) is 19.9 Å². The van der Waals surface area contributed by atoms with Gasteiger partial charge in [0.25, 0.3) is 5.91 Å². The zero-order chi connectivity index (χ0) is 17.2. The van der Waals surface area contributed by atoms with E-state index in [4.69, 9.17) is 0 Å². The molecule has 1 heterocycles. The zero-order valence-corrected chi connectivity index (χ0v) is 14.6. The van der Waals surface area contributed by atoms with E-state index in [9.17, 15) is 13.2 Å². The summed E-state index contributed by atoms with van der Waals surface area (Å²) >= 11 is 0. The number of nitrogens with zero attached hydrogens (tertiary/aromatic N) is 2. The molecular formula is C16H21N3O3S. The molecule has 7 heteroatoms. The molecule has 1 aromatic carbocycles. The molecule has 0 bridgehead atoms. The number of nitrogens with one attached hydrogen (secondary N) is 1. The fourth-order valence-corrected chi connectivity index (χ4v) is 3.15. The second-order valence-corrected chi connectivity index (χ2v) is 7.37. The Morgan fingerprint density at radius 1 is 1.26 bits per heavy atom. The molecule has 124 valence electrons. The highest BCUT2D eigenvalue weighted by Crippen LogP contribution is 2.21. The largest absolute Gasteiger partial charge is 0.307 e. The van der Waals surface area contributed by atoms with E-state index in [-0.39, 0.29) is 10.8 Å². The molecule has 0 unspecified atom stereocenters. The van der Waals surface area contributed by atoms with Crippen LogP contribution in [-0.4, -0.2) is 30.4 Å². The highest BCUT2D eigenvalue weighted by Gasteiger charge is 2.17. The maximum Gasteiger partial charge on any atom is 0.256 e. The molecule has 6 nitrogen and oxygen atoms in total. The predicted octanol–water partition coefficient (Wildman–Crippen LogP) is 2.20. The molecule has 1 amide bonds. The Balaban J connectivity index is 2.35. The summed E-state index contributed by atoms with van der Waals surface area (Å²) in [6, 6.07) is 6.01. The van der Waals surface area contributed by atoms with E-state index in [1.807, 2.05) is 13.8 Å². The third-order valence-corrected chi connectivity index (χ3v) is 4.78. The van der Waals surface area contributed by atoms with Gasteiger partial charge in [-0.25, -0.2) is 8.42 Å². The first-order valence-electron chi connectivity index (χ1n) is 7.44. The lowest BCUT2D eigenvalue weighted by molar-refractivity contribution is 0.102. The van der Waals surface area contributed by atoms with Gasteiger partial charge in [0, 0.05) is 24.4 Å². The Morgan fingerprint density at radius 3 is 2.52 bits per heavy atom. The highest BCUT2D eigenvalue weighted by atomic mass is 32.2. The summed E-state index contributed by atoms with van der Waals surface area (Å²) in [5.74, 6) is 0.301. The Morgan fingerprint density at radius 2 is 1.96 bits per heavy atom. The number of aromatic nitrogens is 2. The maximum absolute atomic E-state index is 12.5. The van der Waals surface area contributed by atoms with Crippen LogP contribution < -0.4 is 5.32 Å². The molecule has 0 aliphatic rings. The van der Waals surface area contributed by atoms with Crippen LogP contribution in [0.25, 0.3) is 0 Å². The molecule has 0 saturated carbocycles. The first kappa shape index (κ1) is 17.2. The van der Waals surface area contributed by atoms with Gasteiger partial charge >= 0.3 is 0 Å². The Bertz CT molecular complexity index is 838. The summed E-state index contributed by atoms with van der Waals surface area (Å²) in [5.41, 5.74) is 2.26. The van der Waals surface area contributed by atoms with Crippen molar-refractivity contribution in [2.45, 2.75) is 31.6 Å². The molecule has 0 saturated heterocycles. The second-order valence-electron chi connectivity index (χ2n) is 5.36. The zero-order valence-electron chi connectivity index (χ0n) is 13.8. The lowest BCUT2D eigenvalue weighted by Gasteiger charge is -2.09. The molecule has 0 aliphatic carbocycles. The Hall–Kier alpha value is -2.15. The number of benzene rings is 1. The van der Waals surface area contributed by atoms with Gasteiger partial charge in [0.15, 0.2) is 9.84 Å². The number of hydrogen-bond acceptors (Lipinski definition) is 4. The molecule has 0 spiro atoms. The predicted molar refractivity (Wildman–Crippen MR) is 89.5 cm³/mol. The number of carbonyl (C=O) groups excluding carboxylic acids is 1. The molecule has 0 aliphatic heterocycles. The summed E-state index contributed by atoms with van der Waals surface area (Å²) < 4.78 is 24.9. The summed E-state index contributed by atoms with van der Waals surface area (Å²) in [7, 11) is -1.57. The summed E-state index contributed by atoms with van der Waals surface area (Å²) in [5, 5.41) is 7.26. The third kappa shape index (κ3) is 3.61. The van der Waals surface area contributed by atoms with Gasteiger partial charge in [0.2, 0.25) is 0 Å². The van der Waals surface area contributed by atoms with Crippen LogP contribution in [0.4, 0.5) is 5.82 Å². The van der Waals surface area contributed by atoms with Crippen molar-refractivity contribution >= 4 is 21.6 Å². The number of hydrogen-bond donors (Lipinski definition) is 1. The van der Waals surface area contributed by atoms with Crippen LogP contribution in [0.1, 0.15) is 35.5 Å². The van der Waals surface area contributed by atoms with Gasteiger partial charge in [-0.2, -0.15) is 5.10 Å². The van der Waals surface area contributed by atoms with E-state index in [0.29, 0.717) is 11.4 Å². The topological polar surface area (TPSA) is 81.1 Å². The molecule has 1 aromatic heterocycles. The van der Waals surface area contributed by atoms with E-state index in [2.05, 4.69) is 10.4 Å². The lowest BCUT2D eigenvalue weighted by atomic mass is 10.1. The standard InChI is InChI=1S/C16H21N3O3S/c1-5-13-14(6-2)18-19(3)15(13)17-16(20)11-8-7-9-12(10-11)23(4,21)22/h7-10H,5-6H2,1-4H3,(H,17,20). The minimum atomic E-state index is -3.35. The van der Waals surface area contributed by atoms with E-state index >= 15 is 0 Å². The highest BCUT2D eigenvalue weighted by molar-refractivity contribution is 7.90. The summed E-state index contributed by atoms with van der Waals surface area (Å²) in [6.45, 7) is 4.03.